The van der Waals surface area contributed by atoms with Crippen molar-refractivity contribution in [3.8, 4) is 0 Å². The number of esters is 1. The van der Waals surface area contributed by atoms with E-state index in [0.717, 1.165) is 5.56 Å². The van der Waals surface area contributed by atoms with Crippen LogP contribution in [-0.4, -0.2) is 33.0 Å². The molecule has 0 saturated heterocycles. The molecule has 6 nitrogen and oxygen atoms in total. The molecule has 0 radical (unpaired) electrons. The highest BCUT2D eigenvalue weighted by atomic mass is 35.5. The van der Waals surface area contributed by atoms with E-state index in [-0.39, 0.29) is 15.5 Å². The van der Waals surface area contributed by atoms with Crippen molar-refractivity contribution < 1.29 is 22.8 Å². The maximum Gasteiger partial charge on any atom is 0.338 e. The second kappa shape index (κ2) is 7.97. The third-order valence-electron chi connectivity index (χ3n) is 3.59. The minimum atomic E-state index is -3.98. The summed E-state index contributed by atoms with van der Waals surface area (Å²) in [4.78, 5) is 16.8. The van der Waals surface area contributed by atoms with Gasteiger partial charge in [0.2, 0.25) is 0 Å². The van der Waals surface area contributed by atoms with Gasteiger partial charge in [-0.1, -0.05) is 46.4 Å². The Balaban J connectivity index is 2.29. The van der Waals surface area contributed by atoms with Gasteiger partial charge in [-0.3, -0.25) is 4.84 Å². The molecule has 0 unspecified atom stereocenters. The second-order valence-corrected chi connectivity index (χ2v) is 7.51. The van der Waals surface area contributed by atoms with Gasteiger partial charge in [-0.15, -0.1) is 0 Å². The third kappa shape index (κ3) is 4.38. The van der Waals surface area contributed by atoms with Crippen LogP contribution in [0.2, 0.25) is 5.02 Å². The molecule has 0 aliphatic rings. The summed E-state index contributed by atoms with van der Waals surface area (Å²) in [7, 11) is -1.54. The average Bonchev–Trinajstić information content (AvgIpc) is 2.61. The lowest BCUT2D eigenvalue weighted by atomic mass is 10.1. The van der Waals surface area contributed by atoms with E-state index in [0.29, 0.717) is 4.47 Å². The van der Waals surface area contributed by atoms with Crippen LogP contribution in [0.15, 0.2) is 53.4 Å². The van der Waals surface area contributed by atoms with E-state index in [1.807, 2.05) is 30.3 Å². The molecule has 134 valence electrons. The summed E-state index contributed by atoms with van der Waals surface area (Å²) >= 11 is 5.97. The SMILES string of the molecule is CON(C)S(=O)(=O)c1cc(C(=O)O[C@H](C)c2ccccc2)ccc1Cl. The highest BCUT2D eigenvalue weighted by Crippen LogP contribution is 2.26. The second-order valence-electron chi connectivity index (χ2n) is 5.20. The van der Waals surface area contributed by atoms with Gasteiger partial charge >= 0.3 is 5.97 Å². The van der Waals surface area contributed by atoms with Crippen molar-refractivity contribution in [3.63, 3.8) is 0 Å². The van der Waals surface area contributed by atoms with Crippen LogP contribution in [0.25, 0.3) is 0 Å². The predicted molar refractivity (Wildman–Crippen MR) is 93.7 cm³/mol. The molecule has 0 saturated carbocycles. The molecule has 0 bridgehead atoms. The Morgan fingerprint density at radius 1 is 1.16 bits per heavy atom. The van der Waals surface area contributed by atoms with Crippen LogP contribution in [0.1, 0.15) is 28.9 Å². The molecule has 0 amide bonds. The standard InChI is InChI=1S/C17H18ClNO5S/c1-12(13-7-5-4-6-8-13)24-17(20)14-9-10-15(18)16(11-14)25(21,22)19(2)23-3/h4-12H,1-3H3/t12-/m1/s1. The van der Waals surface area contributed by atoms with Crippen LogP contribution in [-0.2, 0) is 19.6 Å². The van der Waals surface area contributed by atoms with Gasteiger partial charge in [0.15, 0.2) is 0 Å². The molecule has 2 aromatic rings. The topological polar surface area (TPSA) is 72.9 Å². The number of carbonyl (C=O) groups is 1. The molecular formula is C17H18ClNO5S. The molecule has 0 fully saturated rings. The van der Waals surface area contributed by atoms with Crippen molar-refractivity contribution in [1.29, 1.82) is 0 Å². The summed E-state index contributed by atoms with van der Waals surface area (Å²) < 4.78 is 30.8. The van der Waals surface area contributed by atoms with E-state index in [1.165, 1.54) is 32.4 Å². The smallest absolute Gasteiger partial charge is 0.338 e. The molecule has 1 atom stereocenters. The highest BCUT2D eigenvalue weighted by molar-refractivity contribution is 7.89. The first-order valence-corrected chi connectivity index (χ1v) is 9.17. The number of hydroxylamine groups is 1. The number of halogens is 1. The van der Waals surface area contributed by atoms with Crippen molar-refractivity contribution in [2.24, 2.45) is 0 Å². The lowest BCUT2D eigenvalue weighted by Gasteiger charge is -2.17. The van der Waals surface area contributed by atoms with Crippen LogP contribution in [0.4, 0.5) is 0 Å². The number of hydrogen-bond donors (Lipinski definition) is 0. The average molecular weight is 384 g/mol. The summed E-state index contributed by atoms with van der Waals surface area (Å²) in [6.07, 6.45) is -0.480. The Morgan fingerprint density at radius 3 is 2.40 bits per heavy atom. The normalized spacial score (nSPS) is 12.8. The molecule has 0 N–H and O–H groups in total. The zero-order valence-electron chi connectivity index (χ0n) is 14.0. The van der Waals surface area contributed by atoms with Gasteiger partial charge in [0.1, 0.15) is 11.0 Å². The molecule has 2 rings (SSSR count). The maximum atomic E-state index is 12.4. The Kier molecular flexibility index (Phi) is 6.18. The Morgan fingerprint density at radius 2 is 1.80 bits per heavy atom. The molecule has 0 aliphatic heterocycles. The van der Waals surface area contributed by atoms with Crippen molar-refractivity contribution >= 4 is 27.6 Å². The van der Waals surface area contributed by atoms with Gasteiger partial charge in [0.25, 0.3) is 10.0 Å². The van der Waals surface area contributed by atoms with Crippen LogP contribution in [0, 0.1) is 0 Å². The first kappa shape index (κ1) is 19.4. The number of benzene rings is 2. The summed E-state index contributed by atoms with van der Waals surface area (Å²) in [5.74, 6) is -0.649. The lowest BCUT2D eigenvalue weighted by molar-refractivity contribution is -0.0258. The van der Waals surface area contributed by atoms with E-state index in [1.54, 1.807) is 6.92 Å². The van der Waals surface area contributed by atoms with Gasteiger partial charge in [0.05, 0.1) is 17.7 Å². The molecule has 0 aliphatic carbocycles. The number of carbonyl (C=O) groups excluding carboxylic acids is 1. The number of hydrogen-bond acceptors (Lipinski definition) is 5. The quantitative estimate of drug-likeness (QED) is 0.564. The van der Waals surface area contributed by atoms with Gasteiger partial charge in [-0.25, -0.2) is 13.2 Å². The highest BCUT2D eigenvalue weighted by Gasteiger charge is 2.26. The molecule has 25 heavy (non-hydrogen) atoms. The van der Waals surface area contributed by atoms with Gasteiger partial charge in [0, 0.05) is 7.05 Å². The number of sulfonamides is 1. The molecule has 8 heteroatoms. The Hall–Kier alpha value is -1.93. The first-order valence-electron chi connectivity index (χ1n) is 7.36. The zero-order valence-corrected chi connectivity index (χ0v) is 15.5. The van der Waals surface area contributed by atoms with E-state index < -0.39 is 22.1 Å². The number of nitrogens with zero attached hydrogens (tertiary/aromatic N) is 1. The Bertz CT molecular complexity index is 855. The van der Waals surface area contributed by atoms with E-state index in [4.69, 9.17) is 21.2 Å². The van der Waals surface area contributed by atoms with E-state index in [9.17, 15) is 13.2 Å². The predicted octanol–water partition coefficient (Wildman–Crippen LogP) is 3.44. The summed E-state index contributed by atoms with van der Waals surface area (Å²) in [5.41, 5.74) is 0.909. The number of ether oxygens (including phenoxy) is 1. The van der Waals surface area contributed by atoms with E-state index >= 15 is 0 Å². The maximum absolute atomic E-state index is 12.4. The van der Waals surface area contributed by atoms with Crippen molar-refractivity contribution in [2.45, 2.75) is 17.9 Å². The van der Waals surface area contributed by atoms with Crippen molar-refractivity contribution in [2.75, 3.05) is 14.2 Å². The molecular weight excluding hydrogens is 366 g/mol. The largest absolute Gasteiger partial charge is 0.454 e. The van der Waals surface area contributed by atoms with Crippen molar-refractivity contribution in [1.82, 2.24) is 4.47 Å². The molecule has 2 aromatic carbocycles. The van der Waals surface area contributed by atoms with Gasteiger partial charge in [-0.05, 0) is 30.7 Å². The van der Waals surface area contributed by atoms with Crippen LogP contribution in [0.5, 0.6) is 0 Å². The van der Waals surface area contributed by atoms with Gasteiger partial charge in [-0.2, -0.15) is 0 Å². The molecule has 0 heterocycles. The third-order valence-corrected chi connectivity index (χ3v) is 5.75. The van der Waals surface area contributed by atoms with E-state index in [2.05, 4.69) is 0 Å². The minimum absolute atomic E-state index is 0.0171. The molecule has 0 spiro atoms. The monoisotopic (exact) mass is 383 g/mol. The molecule has 0 aromatic heterocycles. The van der Waals surface area contributed by atoms with Crippen LogP contribution in [0.3, 0.4) is 0 Å². The van der Waals surface area contributed by atoms with Gasteiger partial charge < -0.3 is 4.74 Å². The summed E-state index contributed by atoms with van der Waals surface area (Å²) in [5, 5.41) is -0.0171. The fourth-order valence-electron chi connectivity index (χ4n) is 2.09. The Labute approximate surface area is 151 Å². The fraction of sp³-hybridized carbons (Fsp3) is 0.235. The lowest BCUT2D eigenvalue weighted by Crippen LogP contribution is -2.26. The fourth-order valence-corrected chi connectivity index (χ4v) is 3.56. The summed E-state index contributed by atoms with van der Waals surface area (Å²) in [6, 6.07) is 13.1. The van der Waals surface area contributed by atoms with Crippen LogP contribution >= 0.6 is 11.6 Å². The van der Waals surface area contributed by atoms with Crippen LogP contribution < -0.4 is 0 Å². The first-order chi connectivity index (χ1) is 11.8. The van der Waals surface area contributed by atoms with Crippen molar-refractivity contribution in [3.05, 3.63) is 64.7 Å². The summed E-state index contributed by atoms with van der Waals surface area (Å²) in [6.45, 7) is 1.74. The zero-order chi connectivity index (χ0) is 18.6. The number of rotatable bonds is 6. The minimum Gasteiger partial charge on any atom is -0.454 e.